The highest BCUT2D eigenvalue weighted by Gasteiger charge is 2.30. The van der Waals surface area contributed by atoms with Gasteiger partial charge in [-0.25, -0.2) is 0 Å². The topological polar surface area (TPSA) is 77.5 Å². The smallest absolute Gasteiger partial charge is 0.251 e. The molecule has 2 amide bonds. The number of carbonyl (C=O) groups excluding carboxylic acids is 2. The molecule has 8 nitrogen and oxygen atoms in total. The number of rotatable bonds is 4. The Hall–Kier alpha value is -1.10. The molecule has 0 spiro atoms. The summed E-state index contributed by atoms with van der Waals surface area (Å²) >= 11 is 0. The lowest BCUT2D eigenvalue weighted by Gasteiger charge is -2.37. The van der Waals surface area contributed by atoms with Crippen molar-refractivity contribution in [3.8, 4) is 0 Å². The number of hydrogen-bond donors (Lipinski definition) is 1. The lowest BCUT2D eigenvalue weighted by molar-refractivity contribution is -0.142. The van der Waals surface area contributed by atoms with Crippen LogP contribution in [0.3, 0.4) is 0 Å². The number of nitrogens with one attached hydrogen (secondary N) is 1. The second kappa shape index (κ2) is 10.8. The molecule has 0 aromatic rings. The molecule has 1 N–H and O–H groups in total. The third kappa shape index (κ3) is 6.28. The molecule has 1 unspecified atom stereocenters. The summed E-state index contributed by atoms with van der Waals surface area (Å²) < 4.78 is 5.48. The molecule has 9 heteroatoms. The molecule has 25 heavy (non-hydrogen) atoms. The maximum atomic E-state index is 12.4. The van der Waals surface area contributed by atoms with Crippen LogP contribution in [-0.2, 0) is 14.3 Å². The van der Waals surface area contributed by atoms with Crippen LogP contribution in [0.1, 0.15) is 19.3 Å². The van der Waals surface area contributed by atoms with Gasteiger partial charge in [-0.1, -0.05) is 0 Å². The average Bonchev–Trinajstić information content (AvgIpc) is 3.12. The minimum atomic E-state index is -0.244. The second-order valence-electron chi connectivity index (χ2n) is 6.33. The number of halogens is 1. The highest BCUT2D eigenvalue weighted by molar-refractivity contribution is 14.0. The molecular formula is C16H30IN5O3. The van der Waals surface area contributed by atoms with E-state index in [1.165, 1.54) is 0 Å². The van der Waals surface area contributed by atoms with E-state index in [0.717, 1.165) is 31.9 Å². The molecule has 2 heterocycles. The first-order valence-corrected chi connectivity index (χ1v) is 8.59. The van der Waals surface area contributed by atoms with E-state index >= 15 is 0 Å². The van der Waals surface area contributed by atoms with Gasteiger partial charge in [0, 0.05) is 66.9 Å². The molecule has 2 rings (SSSR count). The van der Waals surface area contributed by atoms with Crippen LogP contribution in [0, 0.1) is 0 Å². The molecule has 2 saturated heterocycles. The number of carbonyl (C=O) groups is 2. The standard InChI is InChI=1S/C16H29N5O3.HI/c1-17-16(18-7-6-14(22)19(2)3)21-10-8-20(9-11-21)15(23)13-5-4-12-24-13;/h13H,4-12H2,1-3H3,(H,17,18);1H. The van der Waals surface area contributed by atoms with Crippen LogP contribution >= 0.6 is 24.0 Å². The zero-order valence-corrected chi connectivity index (χ0v) is 17.7. The summed E-state index contributed by atoms with van der Waals surface area (Å²) in [6.07, 6.45) is 2.00. The van der Waals surface area contributed by atoms with Gasteiger partial charge in [0.15, 0.2) is 5.96 Å². The van der Waals surface area contributed by atoms with Gasteiger partial charge in [0.25, 0.3) is 5.91 Å². The van der Waals surface area contributed by atoms with Crippen molar-refractivity contribution in [3.05, 3.63) is 0 Å². The van der Waals surface area contributed by atoms with Crippen LogP contribution < -0.4 is 5.32 Å². The third-order valence-electron chi connectivity index (χ3n) is 4.43. The largest absolute Gasteiger partial charge is 0.368 e. The summed E-state index contributed by atoms with van der Waals surface area (Å²) in [7, 11) is 5.24. The van der Waals surface area contributed by atoms with Gasteiger partial charge in [-0.15, -0.1) is 24.0 Å². The van der Waals surface area contributed by atoms with Gasteiger partial charge in [-0.05, 0) is 12.8 Å². The zero-order chi connectivity index (χ0) is 17.5. The summed E-state index contributed by atoms with van der Waals surface area (Å²) in [5.74, 6) is 0.988. The van der Waals surface area contributed by atoms with Crippen molar-refractivity contribution in [3.63, 3.8) is 0 Å². The van der Waals surface area contributed by atoms with Gasteiger partial charge < -0.3 is 24.8 Å². The molecule has 0 aliphatic carbocycles. The number of ether oxygens (including phenoxy) is 1. The fourth-order valence-electron chi connectivity index (χ4n) is 2.95. The average molecular weight is 467 g/mol. The Morgan fingerprint density at radius 3 is 2.36 bits per heavy atom. The van der Waals surface area contributed by atoms with Crippen LogP contribution in [0.15, 0.2) is 4.99 Å². The van der Waals surface area contributed by atoms with E-state index in [9.17, 15) is 9.59 Å². The first-order chi connectivity index (χ1) is 11.5. The molecule has 2 aliphatic heterocycles. The number of piperazine rings is 1. The van der Waals surface area contributed by atoms with E-state index < -0.39 is 0 Å². The van der Waals surface area contributed by atoms with Gasteiger partial charge in [0.05, 0.1) is 0 Å². The molecule has 2 aliphatic rings. The number of guanidine groups is 1. The molecule has 0 radical (unpaired) electrons. The summed E-state index contributed by atoms with van der Waals surface area (Å²) in [5.41, 5.74) is 0. The Balaban J connectivity index is 0.00000312. The van der Waals surface area contributed by atoms with E-state index in [-0.39, 0.29) is 41.9 Å². The predicted molar refractivity (Wildman–Crippen MR) is 107 cm³/mol. The molecule has 1 atom stereocenters. The Morgan fingerprint density at radius 1 is 1.20 bits per heavy atom. The van der Waals surface area contributed by atoms with Crippen molar-refractivity contribution in [2.45, 2.75) is 25.4 Å². The highest BCUT2D eigenvalue weighted by Crippen LogP contribution is 2.16. The Bertz CT molecular complexity index is 472. The molecular weight excluding hydrogens is 437 g/mol. The van der Waals surface area contributed by atoms with E-state index in [1.807, 2.05) is 4.90 Å². The minimum absolute atomic E-state index is 0. The fraction of sp³-hybridized carbons (Fsp3) is 0.812. The van der Waals surface area contributed by atoms with Crippen molar-refractivity contribution in [2.24, 2.45) is 4.99 Å². The zero-order valence-electron chi connectivity index (χ0n) is 15.4. The maximum absolute atomic E-state index is 12.4. The van der Waals surface area contributed by atoms with Crippen molar-refractivity contribution in [2.75, 3.05) is 60.5 Å². The summed E-state index contributed by atoms with van der Waals surface area (Å²) in [6, 6.07) is 0. The van der Waals surface area contributed by atoms with Gasteiger partial charge in [0.2, 0.25) is 5.91 Å². The van der Waals surface area contributed by atoms with E-state index in [0.29, 0.717) is 32.7 Å². The second-order valence-corrected chi connectivity index (χ2v) is 6.33. The van der Waals surface area contributed by atoms with Crippen molar-refractivity contribution < 1.29 is 14.3 Å². The lowest BCUT2D eigenvalue weighted by atomic mass is 10.2. The summed E-state index contributed by atoms with van der Waals surface area (Å²) in [6.45, 7) is 4.07. The number of nitrogens with zero attached hydrogens (tertiary/aromatic N) is 4. The van der Waals surface area contributed by atoms with Crippen molar-refractivity contribution in [1.82, 2.24) is 20.0 Å². The quantitative estimate of drug-likeness (QED) is 0.358. The fourth-order valence-corrected chi connectivity index (χ4v) is 2.95. The first kappa shape index (κ1) is 21.9. The van der Waals surface area contributed by atoms with Crippen LogP contribution in [0.4, 0.5) is 0 Å². The van der Waals surface area contributed by atoms with Crippen LogP contribution in [0.5, 0.6) is 0 Å². The highest BCUT2D eigenvalue weighted by atomic mass is 127. The Kier molecular flexibility index (Phi) is 9.47. The van der Waals surface area contributed by atoms with Gasteiger partial charge >= 0.3 is 0 Å². The van der Waals surface area contributed by atoms with E-state index in [1.54, 1.807) is 26.0 Å². The number of aliphatic imine (C=N–C) groups is 1. The summed E-state index contributed by atoms with van der Waals surface area (Å²) in [4.78, 5) is 33.8. The van der Waals surface area contributed by atoms with E-state index in [4.69, 9.17) is 4.74 Å². The minimum Gasteiger partial charge on any atom is -0.368 e. The molecule has 2 fully saturated rings. The predicted octanol–water partition coefficient (Wildman–Crippen LogP) is -0.0187. The third-order valence-corrected chi connectivity index (χ3v) is 4.43. The Morgan fingerprint density at radius 2 is 1.84 bits per heavy atom. The first-order valence-electron chi connectivity index (χ1n) is 8.59. The van der Waals surface area contributed by atoms with Crippen LogP contribution in [-0.4, -0.2) is 99.1 Å². The SMILES string of the molecule is CN=C(NCCC(=O)N(C)C)N1CCN(C(=O)C2CCCO2)CC1.I. The lowest BCUT2D eigenvalue weighted by Crippen LogP contribution is -2.55. The molecule has 0 saturated carbocycles. The molecule has 0 bridgehead atoms. The number of hydrogen-bond acceptors (Lipinski definition) is 4. The van der Waals surface area contributed by atoms with Crippen LogP contribution in [0.2, 0.25) is 0 Å². The summed E-state index contributed by atoms with van der Waals surface area (Å²) in [5, 5.41) is 3.22. The molecule has 0 aromatic carbocycles. The van der Waals surface area contributed by atoms with Crippen molar-refractivity contribution >= 4 is 41.8 Å². The maximum Gasteiger partial charge on any atom is 0.251 e. The molecule has 144 valence electrons. The monoisotopic (exact) mass is 467 g/mol. The number of amides is 2. The normalized spacial score (nSPS) is 20.9. The molecule has 0 aromatic heterocycles. The Labute approximate surface area is 167 Å². The van der Waals surface area contributed by atoms with Gasteiger partial charge in [-0.2, -0.15) is 0 Å². The van der Waals surface area contributed by atoms with Gasteiger partial charge in [-0.3, -0.25) is 14.6 Å². The van der Waals surface area contributed by atoms with Gasteiger partial charge in [0.1, 0.15) is 6.10 Å². The van der Waals surface area contributed by atoms with Crippen molar-refractivity contribution in [1.29, 1.82) is 0 Å². The van der Waals surface area contributed by atoms with Crippen LogP contribution in [0.25, 0.3) is 0 Å². The van der Waals surface area contributed by atoms with E-state index in [2.05, 4.69) is 15.2 Å².